The summed E-state index contributed by atoms with van der Waals surface area (Å²) in [4.78, 5) is 11.4. The summed E-state index contributed by atoms with van der Waals surface area (Å²) in [7, 11) is 0. The molecule has 0 aliphatic heterocycles. The quantitative estimate of drug-likeness (QED) is 0.606. The third kappa shape index (κ3) is 2.48. The minimum Gasteiger partial charge on any atom is -0.351 e. The van der Waals surface area contributed by atoms with Gasteiger partial charge in [0.05, 0.1) is 0 Å². The van der Waals surface area contributed by atoms with Crippen LogP contribution in [0.15, 0.2) is 0 Å². The number of nitrogens with two attached hydrogens (primary N) is 1. The Balaban J connectivity index is 2.30. The maximum Gasteiger partial charge on any atom is 0.223 e. The van der Waals surface area contributed by atoms with Crippen LogP contribution < -0.4 is 11.1 Å². The van der Waals surface area contributed by atoms with Gasteiger partial charge in [0.2, 0.25) is 5.91 Å². The zero-order chi connectivity index (χ0) is 9.35. The predicted molar refractivity (Wildman–Crippen MR) is 48.6 cm³/mol. The summed E-state index contributed by atoms with van der Waals surface area (Å²) in [6.07, 6.45) is 1.70. The van der Waals surface area contributed by atoms with Gasteiger partial charge in [0, 0.05) is 17.5 Å². The average Bonchev–Trinajstić information content (AvgIpc) is 1.76. The lowest BCUT2D eigenvalue weighted by Gasteiger charge is -2.33. The first-order valence-corrected chi connectivity index (χ1v) is 4.46. The Hall–Kier alpha value is -0.570. The molecule has 1 amide bonds. The molecule has 1 aliphatic carbocycles. The van der Waals surface area contributed by atoms with Crippen LogP contribution in [0.25, 0.3) is 0 Å². The highest BCUT2D eigenvalue weighted by molar-refractivity contribution is 5.80. The predicted octanol–water partition coefficient (Wildman–Crippen LogP) is 0.638. The smallest absolute Gasteiger partial charge is 0.223 e. The fourth-order valence-corrected chi connectivity index (χ4v) is 1.35. The second kappa shape index (κ2) is 3.05. The van der Waals surface area contributed by atoms with Crippen molar-refractivity contribution in [3.05, 3.63) is 0 Å². The molecule has 0 aromatic carbocycles. The number of carbonyl (C=O) groups is 1. The standard InChI is InChI=1S/C9H18N2O/c1-9(2,3)11-8(12)6-4-7(10)5-6/h6-7H,4-5,10H2,1-3H3,(H,11,12). The van der Waals surface area contributed by atoms with Gasteiger partial charge in [-0.1, -0.05) is 0 Å². The molecule has 12 heavy (non-hydrogen) atoms. The van der Waals surface area contributed by atoms with Gasteiger partial charge in [-0.25, -0.2) is 0 Å². The Bertz CT molecular complexity index is 177. The normalized spacial score (nSPS) is 29.3. The first kappa shape index (κ1) is 9.52. The number of carbonyl (C=O) groups excluding carboxylic acids is 1. The zero-order valence-corrected chi connectivity index (χ0v) is 8.05. The van der Waals surface area contributed by atoms with Crippen molar-refractivity contribution in [2.24, 2.45) is 11.7 Å². The molecular formula is C9H18N2O. The van der Waals surface area contributed by atoms with Gasteiger partial charge in [0.1, 0.15) is 0 Å². The molecule has 0 atom stereocenters. The first-order valence-electron chi connectivity index (χ1n) is 4.46. The van der Waals surface area contributed by atoms with E-state index >= 15 is 0 Å². The molecule has 0 spiro atoms. The van der Waals surface area contributed by atoms with Crippen molar-refractivity contribution in [1.82, 2.24) is 5.32 Å². The van der Waals surface area contributed by atoms with Gasteiger partial charge in [-0.05, 0) is 33.6 Å². The lowest BCUT2D eigenvalue weighted by Crippen LogP contribution is -2.50. The molecule has 0 saturated heterocycles. The molecule has 3 nitrogen and oxygen atoms in total. The number of nitrogens with one attached hydrogen (secondary N) is 1. The Labute approximate surface area is 73.7 Å². The highest BCUT2D eigenvalue weighted by Gasteiger charge is 2.33. The molecule has 1 aliphatic rings. The lowest BCUT2D eigenvalue weighted by atomic mass is 9.80. The van der Waals surface area contributed by atoms with Crippen molar-refractivity contribution >= 4 is 5.91 Å². The summed E-state index contributed by atoms with van der Waals surface area (Å²) < 4.78 is 0. The maximum absolute atomic E-state index is 11.4. The summed E-state index contributed by atoms with van der Waals surface area (Å²) in [5.74, 6) is 0.323. The topological polar surface area (TPSA) is 55.1 Å². The summed E-state index contributed by atoms with van der Waals surface area (Å²) in [6, 6.07) is 0.251. The molecule has 0 radical (unpaired) electrons. The fraction of sp³-hybridized carbons (Fsp3) is 0.889. The van der Waals surface area contributed by atoms with Gasteiger partial charge < -0.3 is 11.1 Å². The van der Waals surface area contributed by atoms with Gasteiger partial charge in [0.25, 0.3) is 0 Å². The highest BCUT2D eigenvalue weighted by Crippen LogP contribution is 2.26. The molecule has 1 rings (SSSR count). The zero-order valence-electron chi connectivity index (χ0n) is 8.05. The number of amides is 1. The molecular weight excluding hydrogens is 152 g/mol. The van der Waals surface area contributed by atoms with Gasteiger partial charge in [-0.15, -0.1) is 0 Å². The van der Waals surface area contributed by atoms with E-state index in [-0.39, 0.29) is 23.4 Å². The number of rotatable bonds is 1. The second-order valence-corrected chi connectivity index (χ2v) is 4.67. The van der Waals surface area contributed by atoms with Crippen LogP contribution in [0, 0.1) is 5.92 Å². The van der Waals surface area contributed by atoms with Crippen LogP contribution in [0.3, 0.4) is 0 Å². The van der Waals surface area contributed by atoms with E-state index in [1.807, 2.05) is 20.8 Å². The van der Waals surface area contributed by atoms with Crippen molar-refractivity contribution < 1.29 is 4.79 Å². The minimum atomic E-state index is -0.114. The van der Waals surface area contributed by atoms with Crippen LogP contribution in [0.4, 0.5) is 0 Å². The third-order valence-corrected chi connectivity index (χ3v) is 2.04. The summed E-state index contributed by atoms with van der Waals surface area (Å²) in [5.41, 5.74) is 5.48. The Morgan fingerprint density at radius 2 is 1.92 bits per heavy atom. The van der Waals surface area contributed by atoms with E-state index in [0.717, 1.165) is 12.8 Å². The van der Waals surface area contributed by atoms with Crippen LogP contribution >= 0.6 is 0 Å². The van der Waals surface area contributed by atoms with E-state index in [2.05, 4.69) is 5.32 Å². The molecule has 0 unspecified atom stereocenters. The van der Waals surface area contributed by atoms with E-state index < -0.39 is 0 Å². The average molecular weight is 170 g/mol. The summed E-state index contributed by atoms with van der Waals surface area (Å²) in [6.45, 7) is 5.97. The molecule has 3 N–H and O–H groups in total. The van der Waals surface area contributed by atoms with Crippen LogP contribution in [0.5, 0.6) is 0 Å². The van der Waals surface area contributed by atoms with Gasteiger partial charge in [-0.2, -0.15) is 0 Å². The third-order valence-electron chi connectivity index (χ3n) is 2.04. The van der Waals surface area contributed by atoms with E-state index in [0.29, 0.717) is 0 Å². The molecule has 3 heteroatoms. The van der Waals surface area contributed by atoms with Crippen molar-refractivity contribution in [2.45, 2.75) is 45.2 Å². The monoisotopic (exact) mass is 170 g/mol. The lowest BCUT2D eigenvalue weighted by molar-refractivity contribution is -0.129. The van der Waals surface area contributed by atoms with E-state index in [4.69, 9.17) is 5.73 Å². The minimum absolute atomic E-state index is 0.114. The van der Waals surface area contributed by atoms with Crippen LogP contribution in [-0.4, -0.2) is 17.5 Å². The molecule has 0 aromatic rings. The summed E-state index contributed by atoms with van der Waals surface area (Å²) >= 11 is 0. The number of hydrogen-bond acceptors (Lipinski definition) is 2. The van der Waals surface area contributed by atoms with Crippen molar-refractivity contribution in [3.63, 3.8) is 0 Å². The van der Waals surface area contributed by atoms with E-state index in [9.17, 15) is 4.79 Å². The van der Waals surface area contributed by atoms with Gasteiger partial charge in [-0.3, -0.25) is 4.79 Å². The van der Waals surface area contributed by atoms with E-state index in [1.54, 1.807) is 0 Å². The largest absolute Gasteiger partial charge is 0.351 e. The second-order valence-electron chi connectivity index (χ2n) is 4.67. The molecule has 70 valence electrons. The van der Waals surface area contributed by atoms with Crippen LogP contribution in [-0.2, 0) is 4.79 Å². The van der Waals surface area contributed by atoms with Crippen LogP contribution in [0.2, 0.25) is 0 Å². The molecule has 0 aromatic heterocycles. The van der Waals surface area contributed by atoms with Gasteiger partial charge in [0.15, 0.2) is 0 Å². The Morgan fingerprint density at radius 3 is 2.25 bits per heavy atom. The molecule has 0 bridgehead atoms. The van der Waals surface area contributed by atoms with Crippen molar-refractivity contribution in [3.8, 4) is 0 Å². The van der Waals surface area contributed by atoms with Gasteiger partial charge >= 0.3 is 0 Å². The molecule has 0 heterocycles. The molecule has 1 fully saturated rings. The Kier molecular flexibility index (Phi) is 2.42. The maximum atomic E-state index is 11.4. The van der Waals surface area contributed by atoms with Crippen LogP contribution in [0.1, 0.15) is 33.6 Å². The van der Waals surface area contributed by atoms with E-state index in [1.165, 1.54) is 0 Å². The number of hydrogen-bond donors (Lipinski definition) is 2. The highest BCUT2D eigenvalue weighted by atomic mass is 16.2. The summed E-state index contributed by atoms with van der Waals surface area (Å²) in [5, 5.41) is 2.95. The Morgan fingerprint density at radius 1 is 1.42 bits per heavy atom. The first-order chi connectivity index (χ1) is 5.38. The molecule has 1 saturated carbocycles. The van der Waals surface area contributed by atoms with Crippen molar-refractivity contribution in [1.29, 1.82) is 0 Å². The van der Waals surface area contributed by atoms with Crippen molar-refractivity contribution in [2.75, 3.05) is 0 Å². The fourth-order valence-electron chi connectivity index (χ4n) is 1.35. The SMILES string of the molecule is CC(C)(C)NC(=O)C1CC(N)C1.